The molecule has 3 heteroatoms. The second kappa shape index (κ2) is 3.17. The Morgan fingerprint density at radius 1 is 1.27 bits per heavy atom. The molecule has 1 aromatic rings. The summed E-state index contributed by atoms with van der Waals surface area (Å²) in [5, 5.41) is 4.30. The minimum Gasteiger partial charge on any atom is -0.343 e. The summed E-state index contributed by atoms with van der Waals surface area (Å²) in [6.45, 7) is 3.95. The second-order valence-electron chi connectivity index (χ2n) is 4.53. The molecule has 1 fully saturated rings. The Balaban J connectivity index is 1.87. The molecule has 2 heterocycles. The normalized spacial score (nSPS) is 37.1. The molecule has 0 saturated carbocycles. The van der Waals surface area contributed by atoms with Crippen LogP contribution in [0.25, 0.3) is 0 Å². The quantitative estimate of drug-likeness (QED) is 0.680. The smallest absolute Gasteiger partial charge is 0.164 e. The Labute approximate surface area is 93.5 Å². The lowest BCUT2D eigenvalue weighted by atomic mass is 9.99. The van der Waals surface area contributed by atoms with Crippen LogP contribution in [0.15, 0.2) is 29.0 Å². The van der Waals surface area contributed by atoms with E-state index in [9.17, 15) is 0 Å². The fourth-order valence-electron chi connectivity index (χ4n) is 2.35. The molecule has 0 radical (unpaired) electrons. The summed E-state index contributed by atoms with van der Waals surface area (Å²) >= 11 is 1.73. The number of hydrogen-bond acceptors (Lipinski definition) is 3. The molecule has 1 aromatic heterocycles. The largest absolute Gasteiger partial charge is 0.343 e. The summed E-state index contributed by atoms with van der Waals surface area (Å²) < 4.78 is 11.7. The molecule has 0 unspecified atom stereocenters. The van der Waals surface area contributed by atoms with Crippen LogP contribution in [0.2, 0.25) is 0 Å². The summed E-state index contributed by atoms with van der Waals surface area (Å²) in [6.07, 6.45) is 4.62. The van der Waals surface area contributed by atoms with Gasteiger partial charge in [0, 0.05) is 5.92 Å². The minimum absolute atomic E-state index is 0.130. The molecule has 3 atom stereocenters. The summed E-state index contributed by atoms with van der Waals surface area (Å²) in [5.41, 5.74) is 1.34. The summed E-state index contributed by atoms with van der Waals surface area (Å²) in [6, 6.07) is 2.16. The maximum Gasteiger partial charge on any atom is 0.164 e. The SMILES string of the molecule is CC1(C)O[C@@H]2[C@@H](C=C[C@H]2c2ccsc2)O1. The molecule has 1 aliphatic heterocycles. The van der Waals surface area contributed by atoms with E-state index >= 15 is 0 Å². The summed E-state index contributed by atoms with van der Waals surface area (Å²) in [4.78, 5) is 0. The predicted molar refractivity (Wildman–Crippen MR) is 60.0 cm³/mol. The van der Waals surface area contributed by atoms with Gasteiger partial charge in [-0.25, -0.2) is 0 Å². The maximum absolute atomic E-state index is 5.93. The molecule has 0 amide bonds. The third-order valence-corrected chi connectivity index (χ3v) is 3.66. The van der Waals surface area contributed by atoms with Gasteiger partial charge in [0.2, 0.25) is 0 Å². The van der Waals surface area contributed by atoms with Crippen molar-refractivity contribution in [2.24, 2.45) is 0 Å². The third kappa shape index (κ3) is 1.55. The van der Waals surface area contributed by atoms with Gasteiger partial charge in [0.25, 0.3) is 0 Å². The molecule has 1 saturated heterocycles. The van der Waals surface area contributed by atoms with Crippen molar-refractivity contribution in [3.8, 4) is 0 Å². The Kier molecular flexibility index (Phi) is 2.03. The van der Waals surface area contributed by atoms with Crippen molar-refractivity contribution in [3.63, 3.8) is 0 Å². The maximum atomic E-state index is 5.93. The zero-order valence-electron chi connectivity index (χ0n) is 8.84. The van der Waals surface area contributed by atoms with Crippen LogP contribution in [0.4, 0.5) is 0 Å². The van der Waals surface area contributed by atoms with Gasteiger partial charge in [0.1, 0.15) is 12.2 Å². The topological polar surface area (TPSA) is 18.5 Å². The van der Waals surface area contributed by atoms with Crippen molar-refractivity contribution in [1.29, 1.82) is 0 Å². The van der Waals surface area contributed by atoms with E-state index in [1.54, 1.807) is 11.3 Å². The average molecular weight is 222 g/mol. The fourth-order valence-corrected chi connectivity index (χ4v) is 3.06. The Bertz CT molecular complexity index is 380. The molecule has 2 nitrogen and oxygen atoms in total. The molecule has 15 heavy (non-hydrogen) atoms. The lowest BCUT2D eigenvalue weighted by Crippen LogP contribution is -2.24. The lowest BCUT2D eigenvalue weighted by molar-refractivity contribution is -0.145. The van der Waals surface area contributed by atoms with Gasteiger partial charge >= 0.3 is 0 Å². The molecule has 3 rings (SSSR count). The first-order chi connectivity index (χ1) is 7.16. The van der Waals surface area contributed by atoms with Gasteiger partial charge in [-0.05, 0) is 36.2 Å². The van der Waals surface area contributed by atoms with Crippen molar-refractivity contribution in [3.05, 3.63) is 34.5 Å². The van der Waals surface area contributed by atoms with E-state index in [0.717, 1.165) is 0 Å². The van der Waals surface area contributed by atoms with Gasteiger partial charge < -0.3 is 9.47 Å². The van der Waals surface area contributed by atoms with Crippen molar-refractivity contribution in [2.75, 3.05) is 0 Å². The van der Waals surface area contributed by atoms with Crippen LogP contribution < -0.4 is 0 Å². The van der Waals surface area contributed by atoms with E-state index < -0.39 is 5.79 Å². The van der Waals surface area contributed by atoms with E-state index in [0.29, 0.717) is 5.92 Å². The van der Waals surface area contributed by atoms with Crippen LogP contribution in [-0.2, 0) is 9.47 Å². The summed E-state index contributed by atoms with van der Waals surface area (Å²) in [5.74, 6) is -0.0722. The van der Waals surface area contributed by atoms with Gasteiger partial charge in [-0.2, -0.15) is 11.3 Å². The van der Waals surface area contributed by atoms with Crippen LogP contribution in [0.5, 0.6) is 0 Å². The molecular formula is C12H14O2S. The van der Waals surface area contributed by atoms with Gasteiger partial charge in [0.05, 0.1) is 0 Å². The molecule has 2 aliphatic rings. The Morgan fingerprint density at radius 2 is 2.13 bits per heavy atom. The summed E-state index contributed by atoms with van der Waals surface area (Å²) in [7, 11) is 0. The highest BCUT2D eigenvalue weighted by Crippen LogP contribution is 2.42. The minimum atomic E-state index is -0.436. The van der Waals surface area contributed by atoms with Crippen LogP contribution >= 0.6 is 11.3 Å². The van der Waals surface area contributed by atoms with Gasteiger partial charge in [-0.15, -0.1) is 0 Å². The molecule has 0 bridgehead atoms. The number of fused-ring (bicyclic) bond motifs is 1. The van der Waals surface area contributed by atoms with Gasteiger partial charge in [-0.1, -0.05) is 12.2 Å². The highest BCUT2D eigenvalue weighted by atomic mass is 32.1. The van der Waals surface area contributed by atoms with E-state index in [2.05, 4.69) is 29.0 Å². The van der Waals surface area contributed by atoms with Crippen LogP contribution in [0.1, 0.15) is 25.3 Å². The van der Waals surface area contributed by atoms with Crippen LogP contribution in [0, 0.1) is 0 Å². The average Bonchev–Trinajstić information content (AvgIpc) is 2.77. The molecular weight excluding hydrogens is 208 g/mol. The second-order valence-corrected chi connectivity index (χ2v) is 5.31. The number of thiophene rings is 1. The molecule has 1 aliphatic carbocycles. The van der Waals surface area contributed by atoms with Crippen molar-refractivity contribution >= 4 is 11.3 Å². The first-order valence-electron chi connectivity index (χ1n) is 5.22. The molecule has 80 valence electrons. The first kappa shape index (κ1) is 9.58. The van der Waals surface area contributed by atoms with Crippen LogP contribution in [-0.4, -0.2) is 18.0 Å². The zero-order chi connectivity index (χ0) is 10.5. The van der Waals surface area contributed by atoms with Gasteiger partial charge in [0.15, 0.2) is 5.79 Å². The van der Waals surface area contributed by atoms with Crippen molar-refractivity contribution in [2.45, 2.75) is 37.8 Å². The van der Waals surface area contributed by atoms with Crippen molar-refractivity contribution < 1.29 is 9.47 Å². The highest BCUT2D eigenvalue weighted by molar-refractivity contribution is 7.08. The number of hydrogen-bond donors (Lipinski definition) is 0. The lowest BCUT2D eigenvalue weighted by Gasteiger charge is -2.20. The Morgan fingerprint density at radius 3 is 2.87 bits per heavy atom. The fraction of sp³-hybridized carbons (Fsp3) is 0.500. The van der Waals surface area contributed by atoms with E-state index in [1.807, 2.05) is 13.8 Å². The van der Waals surface area contributed by atoms with Crippen LogP contribution in [0.3, 0.4) is 0 Å². The first-order valence-corrected chi connectivity index (χ1v) is 6.16. The van der Waals surface area contributed by atoms with E-state index in [-0.39, 0.29) is 12.2 Å². The Hall–Kier alpha value is -0.640. The monoisotopic (exact) mass is 222 g/mol. The van der Waals surface area contributed by atoms with E-state index in [4.69, 9.17) is 9.47 Å². The molecule has 0 spiro atoms. The number of ether oxygens (including phenoxy) is 2. The molecule has 0 N–H and O–H groups in total. The molecule has 0 aromatic carbocycles. The number of rotatable bonds is 1. The van der Waals surface area contributed by atoms with Gasteiger partial charge in [-0.3, -0.25) is 0 Å². The van der Waals surface area contributed by atoms with E-state index in [1.165, 1.54) is 5.56 Å². The standard InChI is InChI=1S/C12H14O2S/c1-12(2)13-10-4-3-9(11(10)14-12)8-5-6-15-7-8/h3-7,9-11H,1-2H3/t9-,10+,11-/m0/s1. The zero-order valence-corrected chi connectivity index (χ0v) is 9.66. The third-order valence-electron chi connectivity index (χ3n) is 2.95. The van der Waals surface area contributed by atoms with Crippen molar-refractivity contribution in [1.82, 2.24) is 0 Å². The predicted octanol–water partition coefficient (Wildman–Crippen LogP) is 2.92. The highest BCUT2D eigenvalue weighted by Gasteiger charge is 2.46.